The molecular formula is HO2PPr. The first kappa shape index (κ1) is 9.05. The van der Waals surface area contributed by atoms with Crippen molar-refractivity contribution in [2.75, 3.05) is 0 Å². The van der Waals surface area contributed by atoms with Gasteiger partial charge in [0.1, 0.15) is 0 Å². The molecule has 0 rings (SSSR count). The molecule has 0 aromatic rings. The van der Waals surface area contributed by atoms with Gasteiger partial charge in [-0.15, -0.1) is 0 Å². The average Bonchev–Trinajstić information content (AvgIpc) is 0.918. The third-order valence-electron chi connectivity index (χ3n) is 0. The van der Waals surface area contributed by atoms with Gasteiger partial charge in [0.25, 0.3) is 0 Å². The fourth-order valence-corrected chi connectivity index (χ4v) is 0. The van der Waals surface area contributed by atoms with Crippen molar-refractivity contribution in [2.24, 2.45) is 0 Å². The van der Waals surface area contributed by atoms with Crippen LogP contribution in [0.25, 0.3) is 0 Å². The second-order valence-corrected chi connectivity index (χ2v) is 0.245. The molecule has 21 valence electrons. The molecule has 0 spiro atoms. The summed E-state index contributed by atoms with van der Waals surface area (Å²) in [7, 11) is -0.833. The normalized spacial score (nSPS) is 5.25. The minimum atomic E-state index is -0.833. The van der Waals surface area contributed by atoms with Gasteiger partial charge in [-0.3, -0.25) is 0 Å². The van der Waals surface area contributed by atoms with E-state index in [9.17, 15) is 0 Å². The Hall–Kier alpha value is 1.42. The Morgan fingerprint density at radius 1 is 1.75 bits per heavy atom. The number of hydrogen-bond donors (Lipinski definition) is 1. The summed E-state index contributed by atoms with van der Waals surface area (Å²) in [4.78, 5) is 6.99. The zero-order valence-electron chi connectivity index (χ0n) is 1.88. The monoisotopic (exact) mass is 205 g/mol. The van der Waals surface area contributed by atoms with Gasteiger partial charge in [0, 0.05) is 41.3 Å². The van der Waals surface area contributed by atoms with Crippen LogP contribution in [-0.2, 0) is 4.57 Å². The molecule has 0 unspecified atom stereocenters. The summed E-state index contributed by atoms with van der Waals surface area (Å²) in [6, 6.07) is 0. The number of rotatable bonds is 0. The van der Waals surface area contributed by atoms with Gasteiger partial charge in [-0.1, -0.05) is 0 Å². The first-order chi connectivity index (χ1) is 1.41. The largest absolute Gasteiger partial charge is 0.324 e. The first-order valence-electron chi connectivity index (χ1n) is 0.383. The van der Waals surface area contributed by atoms with Gasteiger partial charge in [-0.2, -0.15) is 0 Å². The summed E-state index contributed by atoms with van der Waals surface area (Å²) < 4.78 is 8.46. The van der Waals surface area contributed by atoms with Crippen LogP contribution in [0, 0.1) is 41.3 Å². The summed E-state index contributed by atoms with van der Waals surface area (Å²) in [5, 5.41) is 0. The summed E-state index contributed by atoms with van der Waals surface area (Å²) in [6.45, 7) is 0. The second kappa shape index (κ2) is 8.83. The Morgan fingerprint density at radius 2 is 1.75 bits per heavy atom. The molecular weight excluding hydrogens is 204 g/mol. The third-order valence-corrected chi connectivity index (χ3v) is 0. The second-order valence-electron chi connectivity index (χ2n) is 0.0816. The molecule has 1 radical (unpaired) electrons. The zero-order valence-corrected chi connectivity index (χ0v) is 6.48. The Labute approximate surface area is 58.8 Å². The molecule has 0 atom stereocenters. The minimum absolute atomic E-state index is 0. The maximum Gasteiger partial charge on any atom is 0.324 e. The Morgan fingerprint density at radius 3 is 1.75 bits per heavy atom. The van der Waals surface area contributed by atoms with Crippen LogP contribution in [0.4, 0.5) is 0 Å². The molecule has 0 fully saturated rings. The molecule has 0 heterocycles. The first-order valence-corrected chi connectivity index (χ1v) is 1.15. The van der Waals surface area contributed by atoms with E-state index in [1.54, 1.807) is 0 Å². The van der Waals surface area contributed by atoms with Gasteiger partial charge in [-0.05, 0) is 0 Å². The van der Waals surface area contributed by atoms with E-state index >= 15 is 0 Å². The van der Waals surface area contributed by atoms with Gasteiger partial charge in [0.15, 0.2) is 0 Å². The Bertz CT molecular complexity index is 13.5. The minimum Gasteiger partial charge on any atom is -0.310 e. The van der Waals surface area contributed by atoms with Crippen molar-refractivity contribution in [2.45, 2.75) is 0 Å². The van der Waals surface area contributed by atoms with E-state index < -0.39 is 8.69 Å². The molecule has 4 heteroatoms. The van der Waals surface area contributed by atoms with Crippen LogP contribution in [0.15, 0.2) is 0 Å². The van der Waals surface area contributed by atoms with Crippen molar-refractivity contribution >= 4 is 8.69 Å². The van der Waals surface area contributed by atoms with Crippen LogP contribution in [0.1, 0.15) is 0 Å². The standard InChI is InChI=1S/HO2P.Pr/c1-3-2;/h(H,1,2);. The van der Waals surface area contributed by atoms with Crippen LogP contribution < -0.4 is 0 Å². The molecule has 0 amide bonds. The van der Waals surface area contributed by atoms with Crippen LogP contribution in [0.5, 0.6) is 0 Å². The molecule has 0 bridgehead atoms. The molecule has 0 aliphatic rings. The van der Waals surface area contributed by atoms with Crippen molar-refractivity contribution in [1.29, 1.82) is 0 Å². The number of hydrogen-bond acceptors (Lipinski definition) is 1. The van der Waals surface area contributed by atoms with Gasteiger partial charge in [0.2, 0.25) is 0 Å². The van der Waals surface area contributed by atoms with Gasteiger partial charge in [-0.25, -0.2) is 4.57 Å². The molecule has 4 heavy (non-hydrogen) atoms. The van der Waals surface area contributed by atoms with Crippen molar-refractivity contribution in [3.8, 4) is 0 Å². The maximum absolute atomic E-state index is 8.46. The van der Waals surface area contributed by atoms with Crippen molar-refractivity contribution in [3.05, 3.63) is 0 Å². The molecule has 0 saturated heterocycles. The summed E-state index contributed by atoms with van der Waals surface area (Å²) >= 11 is 0. The fourth-order valence-electron chi connectivity index (χ4n) is 0. The van der Waals surface area contributed by atoms with E-state index in [1.165, 1.54) is 0 Å². The molecule has 1 N–H and O–H groups in total. The van der Waals surface area contributed by atoms with Crippen LogP contribution in [0.3, 0.4) is 0 Å². The molecule has 0 aromatic heterocycles. The van der Waals surface area contributed by atoms with E-state index in [4.69, 9.17) is 9.46 Å². The van der Waals surface area contributed by atoms with E-state index in [0.29, 0.717) is 0 Å². The van der Waals surface area contributed by atoms with E-state index in [1.807, 2.05) is 0 Å². The SMILES string of the molecule is O=PO.[Pr]. The van der Waals surface area contributed by atoms with Crippen LogP contribution in [-0.4, -0.2) is 4.89 Å². The van der Waals surface area contributed by atoms with E-state index in [-0.39, 0.29) is 41.3 Å². The smallest absolute Gasteiger partial charge is 0.310 e. The Kier molecular flexibility index (Phi) is 20.0. The third kappa shape index (κ3) is 9.92. The zero-order chi connectivity index (χ0) is 2.71. The Balaban J connectivity index is 0. The maximum atomic E-state index is 8.46. The van der Waals surface area contributed by atoms with Gasteiger partial charge in [0.05, 0.1) is 0 Å². The average molecular weight is 205 g/mol. The van der Waals surface area contributed by atoms with Crippen molar-refractivity contribution < 1.29 is 50.8 Å². The van der Waals surface area contributed by atoms with E-state index in [2.05, 4.69) is 0 Å². The van der Waals surface area contributed by atoms with Crippen LogP contribution >= 0.6 is 8.69 Å². The predicted octanol–water partition coefficient (Wildman–Crippen LogP) is 0.185. The molecule has 0 aliphatic heterocycles. The van der Waals surface area contributed by atoms with Gasteiger partial charge < -0.3 is 4.89 Å². The van der Waals surface area contributed by atoms with Crippen LogP contribution in [0.2, 0.25) is 0 Å². The summed E-state index contributed by atoms with van der Waals surface area (Å²) in [6.07, 6.45) is 0. The molecule has 0 aromatic carbocycles. The predicted molar refractivity (Wildman–Crippen MR) is 9.83 cm³/mol. The van der Waals surface area contributed by atoms with E-state index in [0.717, 1.165) is 0 Å². The topological polar surface area (TPSA) is 37.3 Å². The fraction of sp³-hybridized carbons (Fsp3) is 0. The summed E-state index contributed by atoms with van der Waals surface area (Å²) in [5.41, 5.74) is 0. The van der Waals surface area contributed by atoms with Crippen molar-refractivity contribution in [3.63, 3.8) is 0 Å². The molecule has 2 nitrogen and oxygen atoms in total. The molecule has 0 aliphatic carbocycles. The van der Waals surface area contributed by atoms with Crippen molar-refractivity contribution in [1.82, 2.24) is 0 Å². The van der Waals surface area contributed by atoms with Gasteiger partial charge >= 0.3 is 8.69 Å². The molecule has 0 saturated carbocycles. The summed E-state index contributed by atoms with van der Waals surface area (Å²) in [5.74, 6) is 0. The quantitative estimate of drug-likeness (QED) is 0.573.